The number of ether oxygens (including phenoxy) is 2. The van der Waals surface area contributed by atoms with Gasteiger partial charge in [0.2, 0.25) is 0 Å². The summed E-state index contributed by atoms with van der Waals surface area (Å²) in [6.07, 6.45) is 11.6. The first-order chi connectivity index (χ1) is 14.4. The first kappa shape index (κ1) is 26.1. The summed E-state index contributed by atoms with van der Waals surface area (Å²) in [4.78, 5) is 0. The largest absolute Gasteiger partial charge is 0.410 e. The van der Waals surface area contributed by atoms with Gasteiger partial charge in [0.1, 0.15) is 0 Å². The van der Waals surface area contributed by atoms with Crippen molar-refractivity contribution in [1.82, 2.24) is 0 Å². The molecule has 0 bridgehead atoms. The zero-order chi connectivity index (χ0) is 23.1. The Morgan fingerprint density at radius 3 is 2.42 bits per heavy atom. The predicted octanol–water partition coefficient (Wildman–Crippen LogP) is 7.44. The van der Waals surface area contributed by atoms with Crippen LogP contribution in [0.25, 0.3) is 0 Å². The minimum Gasteiger partial charge on any atom is -0.410 e. The molecule has 1 aromatic carbocycles. The summed E-state index contributed by atoms with van der Waals surface area (Å²) in [6, 6.07) is 10.6. The van der Waals surface area contributed by atoms with Crippen LogP contribution in [0.15, 0.2) is 55.1 Å². The van der Waals surface area contributed by atoms with E-state index in [0.717, 1.165) is 32.1 Å². The van der Waals surface area contributed by atoms with Gasteiger partial charge in [0.05, 0.1) is 18.3 Å². The molecule has 31 heavy (non-hydrogen) atoms. The van der Waals surface area contributed by atoms with E-state index >= 15 is 0 Å². The van der Waals surface area contributed by atoms with E-state index in [0.29, 0.717) is 0 Å². The van der Waals surface area contributed by atoms with Gasteiger partial charge in [-0.15, -0.1) is 6.58 Å². The van der Waals surface area contributed by atoms with Crippen LogP contribution < -0.4 is 0 Å². The number of rotatable bonds is 10. The van der Waals surface area contributed by atoms with Gasteiger partial charge in [-0.3, -0.25) is 0 Å². The van der Waals surface area contributed by atoms with E-state index in [-0.39, 0.29) is 23.4 Å². The Bertz CT molecular complexity index is 703. The van der Waals surface area contributed by atoms with Crippen LogP contribution in [0.3, 0.4) is 0 Å². The summed E-state index contributed by atoms with van der Waals surface area (Å²) >= 11 is 0. The molecule has 0 aliphatic carbocycles. The number of hydrogen-bond donors (Lipinski definition) is 0. The van der Waals surface area contributed by atoms with Crippen LogP contribution in [0.5, 0.6) is 0 Å². The predicted molar refractivity (Wildman–Crippen MR) is 134 cm³/mol. The molecule has 1 aliphatic heterocycles. The van der Waals surface area contributed by atoms with E-state index < -0.39 is 14.1 Å². The van der Waals surface area contributed by atoms with Crippen molar-refractivity contribution >= 4 is 8.32 Å². The van der Waals surface area contributed by atoms with Crippen LogP contribution in [0.2, 0.25) is 18.1 Å². The van der Waals surface area contributed by atoms with E-state index in [1.54, 1.807) is 0 Å². The molecule has 3 atom stereocenters. The summed E-state index contributed by atoms with van der Waals surface area (Å²) in [6.45, 7) is 19.4. The molecule has 4 heteroatoms. The molecule has 1 heterocycles. The molecular formula is C27H44O3Si. The third-order valence-electron chi connectivity index (χ3n) is 6.43. The topological polar surface area (TPSA) is 27.7 Å². The number of hydrogen-bond acceptors (Lipinski definition) is 3. The fraction of sp³-hybridized carbons (Fsp3) is 0.630. The lowest BCUT2D eigenvalue weighted by molar-refractivity contribution is -0.299. The van der Waals surface area contributed by atoms with E-state index in [2.05, 4.69) is 82.9 Å². The van der Waals surface area contributed by atoms with Gasteiger partial charge in [0.25, 0.3) is 0 Å². The third-order valence-corrected chi connectivity index (χ3v) is 10.9. The summed E-state index contributed by atoms with van der Waals surface area (Å²) < 4.78 is 19.0. The van der Waals surface area contributed by atoms with Gasteiger partial charge in [-0.1, -0.05) is 69.3 Å². The molecule has 0 saturated carbocycles. The van der Waals surface area contributed by atoms with E-state index in [9.17, 15) is 0 Å². The van der Waals surface area contributed by atoms with Crippen LogP contribution in [-0.4, -0.2) is 32.4 Å². The van der Waals surface area contributed by atoms with Crippen molar-refractivity contribution in [3.8, 4) is 0 Å². The van der Waals surface area contributed by atoms with Gasteiger partial charge in [-0.2, -0.15) is 0 Å². The van der Waals surface area contributed by atoms with Crippen molar-refractivity contribution < 1.29 is 13.9 Å². The lowest BCUT2D eigenvalue weighted by Crippen LogP contribution is -2.44. The number of benzene rings is 1. The summed E-state index contributed by atoms with van der Waals surface area (Å²) in [7, 11) is -1.82. The molecule has 1 fully saturated rings. The fourth-order valence-corrected chi connectivity index (χ4v) is 5.07. The molecule has 3 nitrogen and oxygen atoms in total. The molecule has 174 valence electrons. The summed E-state index contributed by atoms with van der Waals surface area (Å²) in [5.74, 6) is -0.545. The zero-order valence-electron chi connectivity index (χ0n) is 20.8. The second-order valence-electron chi connectivity index (χ2n) is 10.7. The SMILES string of the molecule is C=CC[C@H](/C=C/C[C@H]1C[C@H](CCc2ccccc2)OC(C)(C)O1)O[Si](C)(C)C(C)(C)C. The maximum absolute atomic E-state index is 6.60. The van der Waals surface area contributed by atoms with Gasteiger partial charge in [0.15, 0.2) is 14.1 Å². The Kier molecular flexibility index (Phi) is 9.32. The monoisotopic (exact) mass is 444 g/mol. The maximum atomic E-state index is 6.60. The minimum absolute atomic E-state index is 0.0834. The fourth-order valence-electron chi connectivity index (χ4n) is 3.78. The quantitative estimate of drug-likeness (QED) is 0.277. The Morgan fingerprint density at radius 1 is 1.16 bits per heavy atom. The van der Waals surface area contributed by atoms with Crippen molar-refractivity contribution in [2.45, 2.75) is 109 Å². The second-order valence-corrected chi connectivity index (χ2v) is 15.5. The lowest BCUT2D eigenvalue weighted by atomic mass is 9.99. The molecule has 2 rings (SSSR count). The van der Waals surface area contributed by atoms with E-state index in [1.165, 1.54) is 5.56 Å². The van der Waals surface area contributed by atoms with Gasteiger partial charge >= 0.3 is 0 Å². The average molecular weight is 445 g/mol. The van der Waals surface area contributed by atoms with Crippen LogP contribution in [-0.2, 0) is 20.3 Å². The zero-order valence-corrected chi connectivity index (χ0v) is 21.8. The van der Waals surface area contributed by atoms with E-state index in [1.807, 2.05) is 19.9 Å². The Labute approximate surface area is 192 Å². The highest BCUT2D eigenvalue weighted by molar-refractivity contribution is 6.74. The van der Waals surface area contributed by atoms with Gasteiger partial charge in [0, 0.05) is 6.42 Å². The molecule has 0 unspecified atom stereocenters. The van der Waals surface area contributed by atoms with Crippen molar-refractivity contribution in [2.75, 3.05) is 0 Å². The first-order valence-corrected chi connectivity index (χ1v) is 14.7. The Morgan fingerprint density at radius 2 is 1.81 bits per heavy atom. The van der Waals surface area contributed by atoms with Crippen molar-refractivity contribution in [2.24, 2.45) is 0 Å². The minimum atomic E-state index is -1.82. The molecule has 0 spiro atoms. The average Bonchev–Trinajstić information content (AvgIpc) is 2.65. The highest BCUT2D eigenvalue weighted by atomic mass is 28.4. The van der Waals surface area contributed by atoms with Crippen molar-refractivity contribution in [1.29, 1.82) is 0 Å². The summed E-state index contributed by atoms with van der Waals surface area (Å²) in [5.41, 5.74) is 1.36. The molecule has 0 amide bonds. The molecule has 1 aromatic rings. The standard InChI is InChI=1S/C27H44O3Si/c1-9-14-23(30-31(7,8)26(2,3)4)17-13-18-24-21-25(29-27(5,6)28-24)20-19-22-15-11-10-12-16-22/h9-13,15-17,23-25H,1,14,18-21H2,2-8H3/b17-13+/t23-,24+,25+/m1/s1. The van der Waals surface area contributed by atoms with Gasteiger partial charge < -0.3 is 13.9 Å². The normalized spacial score (nSPS) is 23.1. The molecule has 1 saturated heterocycles. The third kappa shape index (κ3) is 8.68. The van der Waals surface area contributed by atoms with Crippen LogP contribution >= 0.6 is 0 Å². The van der Waals surface area contributed by atoms with Gasteiger partial charge in [-0.05, 0) is 63.2 Å². The maximum Gasteiger partial charge on any atom is 0.192 e. The molecule has 1 aliphatic rings. The van der Waals surface area contributed by atoms with E-state index in [4.69, 9.17) is 13.9 Å². The Balaban J connectivity index is 1.94. The molecule has 0 aromatic heterocycles. The molecule has 0 N–H and O–H groups in total. The van der Waals surface area contributed by atoms with Crippen LogP contribution in [0.1, 0.15) is 65.9 Å². The smallest absolute Gasteiger partial charge is 0.192 e. The van der Waals surface area contributed by atoms with Gasteiger partial charge in [-0.25, -0.2) is 0 Å². The molecule has 0 radical (unpaired) electrons. The van der Waals surface area contributed by atoms with Crippen LogP contribution in [0, 0.1) is 0 Å². The van der Waals surface area contributed by atoms with Crippen molar-refractivity contribution in [3.63, 3.8) is 0 Å². The van der Waals surface area contributed by atoms with Crippen molar-refractivity contribution in [3.05, 3.63) is 60.7 Å². The highest BCUT2D eigenvalue weighted by Crippen LogP contribution is 2.38. The molecular weight excluding hydrogens is 400 g/mol. The first-order valence-electron chi connectivity index (χ1n) is 11.8. The number of aryl methyl sites for hydroxylation is 1. The Hall–Kier alpha value is -1.20. The lowest BCUT2D eigenvalue weighted by Gasteiger charge is -2.41. The highest BCUT2D eigenvalue weighted by Gasteiger charge is 2.38. The second kappa shape index (κ2) is 11.1. The van der Waals surface area contributed by atoms with Crippen LogP contribution in [0.4, 0.5) is 0 Å². The summed E-state index contributed by atoms with van der Waals surface area (Å²) in [5, 5.41) is 0.195.